The van der Waals surface area contributed by atoms with Crippen LogP contribution in [0.4, 0.5) is 5.69 Å². The number of para-hydroxylation sites is 1. The number of rotatable bonds is 9. The van der Waals surface area contributed by atoms with Crippen LogP contribution in [0.1, 0.15) is 20.8 Å². The molecule has 1 N–H and O–H groups in total. The zero-order valence-electron chi connectivity index (χ0n) is 23.1. The Labute approximate surface area is 241 Å². The molecule has 212 valence electrons. The number of amides is 1. The quantitative estimate of drug-likeness (QED) is 0.240. The second-order valence-corrected chi connectivity index (χ2v) is 9.03. The molecule has 0 aliphatic heterocycles. The first-order valence-electron chi connectivity index (χ1n) is 12.9. The lowest BCUT2D eigenvalue weighted by atomic mass is 10.0. The molecule has 0 aliphatic rings. The molecular weight excluding hydrogens is 538 g/mol. The molecule has 0 saturated carbocycles. The Morgan fingerprint density at radius 2 is 1.50 bits per heavy atom. The van der Waals surface area contributed by atoms with Crippen molar-refractivity contribution in [1.29, 1.82) is 0 Å². The van der Waals surface area contributed by atoms with Gasteiger partial charge in [0, 0.05) is 16.6 Å². The minimum absolute atomic E-state index is 0.0709. The van der Waals surface area contributed by atoms with Crippen LogP contribution in [0.5, 0.6) is 11.5 Å². The number of ether oxygens (including phenoxy) is 4. The molecule has 0 atom stereocenters. The Kier molecular flexibility index (Phi) is 8.14. The highest BCUT2D eigenvalue weighted by atomic mass is 16.5. The van der Waals surface area contributed by atoms with Gasteiger partial charge >= 0.3 is 11.9 Å². The summed E-state index contributed by atoms with van der Waals surface area (Å²) in [5.41, 5.74) is 1.67. The summed E-state index contributed by atoms with van der Waals surface area (Å²) in [7, 11) is 3.89. The van der Waals surface area contributed by atoms with Crippen molar-refractivity contribution in [2.75, 3.05) is 33.3 Å². The van der Waals surface area contributed by atoms with Gasteiger partial charge in [-0.15, -0.1) is 0 Å². The second kappa shape index (κ2) is 12.3. The van der Waals surface area contributed by atoms with Crippen LogP contribution in [0, 0.1) is 0 Å². The summed E-state index contributed by atoms with van der Waals surface area (Å²) >= 11 is 0. The standard InChI is InChI=1S/C32H27N3O7/c1-39-26-18-21(16-17-25(26)42-19-27(36)33-24-15-9-11-20-10-7-8-14-23(20)24)29-28(31(37)40-2)30(32(38)41-3)35(34-29)22-12-5-4-6-13-22/h4-18H,19H2,1-3H3,(H,33,36). The molecule has 0 radical (unpaired) electrons. The van der Waals surface area contributed by atoms with Gasteiger partial charge < -0.3 is 24.3 Å². The molecule has 0 saturated heterocycles. The summed E-state index contributed by atoms with van der Waals surface area (Å²) in [4.78, 5) is 38.5. The molecule has 1 amide bonds. The Bertz CT molecular complexity index is 1780. The van der Waals surface area contributed by atoms with Crippen molar-refractivity contribution in [2.24, 2.45) is 0 Å². The monoisotopic (exact) mass is 565 g/mol. The first kappa shape index (κ1) is 27.9. The highest BCUT2D eigenvalue weighted by molar-refractivity contribution is 6.07. The molecule has 0 aliphatic carbocycles. The topological polar surface area (TPSA) is 118 Å². The van der Waals surface area contributed by atoms with E-state index in [0.29, 0.717) is 22.7 Å². The maximum absolute atomic E-state index is 12.9. The van der Waals surface area contributed by atoms with Crippen LogP contribution < -0.4 is 14.8 Å². The van der Waals surface area contributed by atoms with Crippen LogP contribution in [0.2, 0.25) is 0 Å². The summed E-state index contributed by atoms with van der Waals surface area (Å²) in [5.74, 6) is -1.30. The lowest BCUT2D eigenvalue weighted by Gasteiger charge is -2.13. The average Bonchev–Trinajstić information content (AvgIpc) is 3.44. The van der Waals surface area contributed by atoms with Crippen molar-refractivity contribution >= 4 is 34.3 Å². The van der Waals surface area contributed by atoms with E-state index in [-0.39, 0.29) is 35.2 Å². The van der Waals surface area contributed by atoms with Gasteiger partial charge in [0.25, 0.3) is 5.91 Å². The van der Waals surface area contributed by atoms with Crippen molar-refractivity contribution in [2.45, 2.75) is 0 Å². The largest absolute Gasteiger partial charge is 0.493 e. The summed E-state index contributed by atoms with van der Waals surface area (Å²) in [5, 5.41) is 9.40. The molecule has 1 heterocycles. The van der Waals surface area contributed by atoms with Crippen molar-refractivity contribution in [3.8, 4) is 28.4 Å². The van der Waals surface area contributed by atoms with Crippen LogP contribution in [-0.4, -0.2) is 55.6 Å². The Balaban J connectivity index is 1.45. The molecule has 5 rings (SSSR count). The van der Waals surface area contributed by atoms with Crippen LogP contribution in [-0.2, 0) is 14.3 Å². The number of aromatic nitrogens is 2. The van der Waals surface area contributed by atoms with E-state index in [9.17, 15) is 14.4 Å². The maximum atomic E-state index is 12.9. The Morgan fingerprint density at radius 1 is 0.786 bits per heavy atom. The number of esters is 2. The molecule has 10 nitrogen and oxygen atoms in total. The van der Waals surface area contributed by atoms with Crippen molar-refractivity contribution in [1.82, 2.24) is 9.78 Å². The van der Waals surface area contributed by atoms with Gasteiger partial charge in [0.15, 0.2) is 23.8 Å². The molecular formula is C32H27N3O7. The van der Waals surface area contributed by atoms with E-state index in [1.165, 1.54) is 26.0 Å². The van der Waals surface area contributed by atoms with Gasteiger partial charge in [0.2, 0.25) is 0 Å². The third-order valence-electron chi connectivity index (χ3n) is 6.51. The van der Waals surface area contributed by atoms with Crippen molar-refractivity contribution in [3.63, 3.8) is 0 Å². The zero-order valence-corrected chi connectivity index (χ0v) is 23.1. The molecule has 1 aromatic heterocycles. The predicted molar refractivity (Wildman–Crippen MR) is 156 cm³/mol. The molecule has 5 aromatic rings. The summed E-state index contributed by atoms with van der Waals surface area (Å²) in [6.45, 7) is -0.276. The predicted octanol–water partition coefficient (Wildman–Crippen LogP) is 5.29. The number of nitrogens with zero attached hydrogens (tertiary/aromatic N) is 2. The van der Waals surface area contributed by atoms with Crippen molar-refractivity contribution in [3.05, 3.63) is 102 Å². The van der Waals surface area contributed by atoms with Gasteiger partial charge in [-0.1, -0.05) is 54.6 Å². The number of methoxy groups -OCH3 is 3. The minimum atomic E-state index is -0.767. The third-order valence-corrected chi connectivity index (χ3v) is 6.51. The van der Waals surface area contributed by atoms with Crippen LogP contribution in [0.3, 0.4) is 0 Å². The van der Waals surface area contributed by atoms with E-state index in [0.717, 1.165) is 10.8 Å². The molecule has 10 heteroatoms. The number of carbonyl (C=O) groups excluding carboxylic acids is 3. The van der Waals surface area contributed by atoms with Gasteiger partial charge in [0.1, 0.15) is 11.3 Å². The maximum Gasteiger partial charge on any atom is 0.357 e. The number of hydrogen-bond donors (Lipinski definition) is 1. The normalized spacial score (nSPS) is 10.6. The van der Waals surface area contributed by atoms with E-state index >= 15 is 0 Å². The van der Waals surface area contributed by atoms with Crippen molar-refractivity contribution < 1.29 is 33.3 Å². The average molecular weight is 566 g/mol. The van der Waals surface area contributed by atoms with E-state index < -0.39 is 11.9 Å². The van der Waals surface area contributed by atoms with E-state index in [1.54, 1.807) is 42.5 Å². The lowest BCUT2D eigenvalue weighted by Crippen LogP contribution is -2.20. The number of benzene rings is 4. The fraction of sp³-hybridized carbons (Fsp3) is 0.125. The van der Waals surface area contributed by atoms with Crippen LogP contribution in [0.25, 0.3) is 27.7 Å². The van der Waals surface area contributed by atoms with E-state index in [1.807, 2.05) is 48.5 Å². The smallest absolute Gasteiger partial charge is 0.357 e. The van der Waals surface area contributed by atoms with Crippen LogP contribution in [0.15, 0.2) is 91.0 Å². The summed E-state index contributed by atoms with van der Waals surface area (Å²) in [6.07, 6.45) is 0. The highest BCUT2D eigenvalue weighted by Crippen LogP contribution is 2.35. The number of carbonyl (C=O) groups is 3. The molecule has 42 heavy (non-hydrogen) atoms. The van der Waals surface area contributed by atoms with E-state index in [4.69, 9.17) is 18.9 Å². The number of hydrogen-bond acceptors (Lipinski definition) is 8. The first-order valence-corrected chi connectivity index (χ1v) is 12.9. The number of fused-ring (bicyclic) bond motifs is 1. The molecule has 4 aromatic carbocycles. The molecule has 0 unspecified atom stereocenters. The van der Waals surface area contributed by atoms with E-state index in [2.05, 4.69) is 10.4 Å². The van der Waals surface area contributed by atoms with Gasteiger partial charge in [-0.25, -0.2) is 14.3 Å². The van der Waals surface area contributed by atoms with Gasteiger partial charge in [0.05, 0.1) is 27.0 Å². The van der Waals surface area contributed by atoms with Gasteiger partial charge in [-0.05, 0) is 41.8 Å². The zero-order chi connectivity index (χ0) is 29.6. The summed E-state index contributed by atoms with van der Waals surface area (Å²) < 4.78 is 22.6. The number of nitrogens with one attached hydrogen (secondary N) is 1. The van der Waals surface area contributed by atoms with Gasteiger partial charge in [-0.2, -0.15) is 5.10 Å². The Hall–Kier alpha value is -5.64. The lowest BCUT2D eigenvalue weighted by molar-refractivity contribution is -0.118. The fourth-order valence-electron chi connectivity index (χ4n) is 4.55. The van der Waals surface area contributed by atoms with Gasteiger partial charge in [-0.3, -0.25) is 4.79 Å². The SMILES string of the molecule is COC(=O)c1c(-c2ccc(OCC(=O)Nc3cccc4ccccc34)c(OC)c2)nn(-c2ccccc2)c1C(=O)OC. The first-order chi connectivity index (χ1) is 20.4. The second-order valence-electron chi connectivity index (χ2n) is 9.03. The molecule has 0 spiro atoms. The molecule has 0 bridgehead atoms. The number of anilines is 1. The summed E-state index contributed by atoms with van der Waals surface area (Å²) in [6, 6.07) is 27.1. The fourth-order valence-corrected chi connectivity index (χ4v) is 4.55. The third kappa shape index (κ3) is 5.50. The molecule has 0 fully saturated rings. The minimum Gasteiger partial charge on any atom is -0.493 e. The Morgan fingerprint density at radius 3 is 2.24 bits per heavy atom. The van der Waals surface area contributed by atoms with Crippen LogP contribution >= 0.6 is 0 Å². The highest BCUT2D eigenvalue weighted by Gasteiger charge is 2.31.